The first-order valence-electron chi connectivity index (χ1n) is 8.45. The lowest BCUT2D eigenvalue weighted by Crippen LogP contribution is -2.30. The predicted molar refractivity (Wildman–Crippen MR) is 103 cm³/mol. The minimum Gasteiger partial charge on any atom is -0.480 e. The fraction of sp³-hybridized carbons (Fsp3) is 0.0909. The highest BCUT2D eigenvalue weighted by atomic mass is 16.5. The number of ether oxygens (including phenoxy) is 2. The molecule has 3 aromatic rings. The van der Waals surface area contributed by atoms with Crippen LogP contribution >= 0.6 is 0 Å². The van der Waals surface area contributed by atoms with Crippen LogP contribution in [0.15, 0.2) is 78.9 Å². The fourth-order valence-electron chi connectivity index (χ4n) is 2.38. The van der Waals surface area contributed by atoms with Gasteiger partial charge in [0, 0.05) is 5.69 Å². The quantitative estimate of drug-likeness (QED) is 0.690. The van der Waals surface area contributed by atoms with Gasteiger partial charge in [0.1, 0.15) is 23.3 Å². The molecule has 0 spiro atoms. The van der Waals surface area contributed by atoms with Gasteiger partial charge in [0.05, 0.1) is 5.56 Å². The average molecular weight is 358 g/mol. The van der Waals surface area contributed by atoms with Crippen LogP contribution in [0.2, 0.25) is 0 Å². The molecule has 27 heavy (non-hydrogen) atoms. The van der Waals surface area contributed by atoms with E-state index in [0.717, 1.165) is 5.75 Å². The third-order valence-corrected chi connectivity index (χ3v) is 3.78. The Balaban J connectivity index is 1.59. The molecule has 0 bridgehead atoms. The molecule has 0 saturated heterocycles. The molecule has 134 valence electrons. The minimum atomic E-state index is -0.750. The van der Waals surface area contributed by atoms with Crippen LogP contribution in [0.25, 0.3) is 0 Å². The zero-order valence-corrected chi connectivity index (χ0v) is 14.8. The van der Waals surface area contributed by atoms with E-state index in [1.165, 1.54) is 0 Å². The Hall–Kier alpha value is -3.78. The van der Waals surface area contributed by atoms with E-state index in [4.69, 9.17) is 14.7 Å². The van der Waals surface area contributed by atoms with Crippen LogP contribution in [0.1, 0.15) is 12.5 Å². The van der Waals surface area contributed by atoms with Gasteiger partial charge >= 0.3 is 0 Å². The van der Waals surface area contributed by atoms with Gasteiger partial charge in [-0.15, -0.1) is 0 Å². The molecule has 1 atom stereocenters. The summed E-state index contributed by atoms with van der Waals surface area (Å²) < 4.78 is 11.3. The van der Waals surface area contributed by atoms with Crippen LogP contribution in [0, 0.1) is 11.3 Å². The molecule has 0 aliphatic heterocycles. The molecule has 0 radical (unpaired) electrons. The first kappa shape index (κ1) is 18.0. The summed E-state index contributed by atoms with van der Waals surface area (Å²) in [6, 6.07) is 25.4. The third kappa shape index (κ3) is 4.86. The maximum Gasteiger partial charge on any atom is 0.265 e. The number of carbonyl (C=O) groups excluding carboxylic acids is 1. The molecular formula is C22H18N2O3. The van der Waals surface area contributed by atoms with Gasteiger partial charge in [-0.2, -0.15) is 5.26 Å². The molecule has 0 heterocycles. The van der Waals surface area contributed by atoms with Crippen molar-refractivity contribution in [2.24, 2.45) is 0 Å². The van der Waals surface area contributed by atoms with Crippen molar-refractivity contribution >= 4 is 11.6 Å². The van der Waals surface area contributed by atoms with Crippen LogP contribution in [-0.2, 0) is 4.79 Å². The van der Waals surface area contributed by atoms with Crippen LogP contribution in [0.5, 0.6) is 17.2 Å². The molecule has 1 amide bonds. The maximum absolute atomic E-state index is 12.3. The summed E-state index contributed by atoms with van der Waals surface area (Å²) in [6.07, 6.45) is -0.750. The lowest BCUT2D eigenvalue weighted by atomic mass is 10.2. The van der Waals surface area contributed by atoms with Gasteiger partial charge in [-0.3, -0.25) is 4.79 Å². The molecule has 3 aromatic carbocycles. The molecule has 0 aliphatic rings. The topological polar surface area (TPSA) is 71.3 Å². The second kappa shape index (κ2) is 8.54. The van der Waals surface area contributed by atoms with Crippen LogP contribution in [0.3, 0.4) is 0 Å². The second-order valence-corrected chi connectivity index (χ2v) is 5.80. The van der Waals surface area contributed by atoms with Gasteiger partial charge in [-0.25, -0.2) is 0 Å². The monoisotopic (exact) mass is 358 g/mol. The van der Waals surface area contributed by atoms with Gasteiger partial charge < -0.3 is 14.8 Å². The summed E-state index contributed by atoms with van der Waals surface area (Å²) in [5, 5.41) is 11.9. The normalized spacial score (nSPS) is 11.1. The molecule has 5 heteroatoms. The number of nitrogens with one attached hydrogen (secondary N) is 1. The van der Waals surface area contributed by atoms with E-state index in [-0.39, 0.29) is 5.91 Å². The molecule has 3 rings (SSSR count). The highest BCUT2D eigenvalue weighted by Crippen LogP contribution is 2.23. The smallest absolute Gasteiger partial charge is 0.265 e. The SMILES string of the molecule is C[C@@H](Oc1ccccc1C#N)C(=O)Nc1ccc(Oc2ccccc2)cc1. The number of rotatable bonds is 6. The number of hydrogen-bond acceptors (Lipinski definition) is 4. The Bertz CT molecular complexity index is 947. The van der Waals surface area contributed by atoms with Crippen LogP contribution in [-0.4, -0.2) is 12.0 Å². The van der Waals surface area contributed by atoms with Crippen molar-refractivity contribution in [1.82, 2.24) is 0 Å². The summed E-state index contributed by atoms with van der Waals surface area (Å²) in [5.74, 6) is 1.49. The van der Waals surface area contributed by atoms with Crippen LogP contribution in [0.4, 0.5) is 5.69 Å². The van der Waals surface area contributed by atoms with Crippen molar-refractivity contribution in [1.29, 1.82) is 5.26 Å². The van der Waals surface area contributed by atoms with Crippen LogP contribution < -0.4 is 14.8 Å². The molecule has 0 fully saturated rings. The zero-order valence-electron chi connectivity index (χ0n) is 14.8. The van der Waals surface area contributed by atoms with E-state index in [2.05, 4.69) is 5.32 Å². The number of anilines is 1. The molecule has 1 N–H and O–H groups in total. The largest absolute Gasteiger partial charge is 0.480 e. The number of nitrogens with zero attached hydrogens (tertiary/aromatic N) is 1. The Labute approximate surface area is 157 Å². The number of hydrogen-bond donors (Lipinski definition) is 1. The van der Waals surface area contributed by atoms with Crippen molar-refractivity contribution < 1.29 is 14.3 Å². The Morgan fingerprint density at radius 1 is 0.926 bits per heavy atom. The highest BCUT2D eigenvalue weighted by molar-refractivity contribution is 5.94. The van der Waals surface area contributed by atoms with Crippen molar-refractivity contribution in [2.75, 3.05) is 5.32 Å². The molecular weight excluding hydrogens is 340 g/mol. The van der Waals surface area contributed by atoms with Crippen molar-refractivity contribution in [3.8, 4) is 23.3 Å². The van der Waals surface area contributed by atoms with Gasteiger partial charge in [-0.05, 0) is 55.5 Å². The van der Waals surface area contributed by atoms with E-state index in [9.17, 15) is 4.79 Å². The van der Waals surface area contributed by atoms with E-state index in [0.29, 0.717) is 22.7 Å². The first-order chi connectivity index (χ1) is 13.2. The van der Waals surface area contributed by atoms with Gasteiger partial charge in [-0.1, -0.05) is 30.3 Å². The summed E-state index contributed by atoms with van der Waals surface area (Å²) in [7, 11) is 0. The lowest BCUT2D eigenvalue weighted by molar-refractivity contribution is -0.122. The first-order valence-corrected chi connectivity index (χ1v) is 8.45. The fourth-order valence-corrected chi connectivity index (χ4v) is 2.38. The number of amides is 1. The number of carbonyl (C=O) groups is 1. The molecule has 0 unspecified atom stereocenters. The van der Waals surface area contributed by atoms with E-state index in [1.807, 2.05) is 36.4 Å². The van der Waals surface area contributed by atoms with Crippen molar-refractivity contribution in [3.63, 3.8) is 0 Å². The molecule has 0 aliphatic carbocycles. The van der Waals surface area contributed by atoms with E-state index in [1.54, 1.807) is 55.5 Å². The van der Waals surface area contributed by atoms with Gasteiger partial charge in [0.2, 0.25) is 0 Å². The third-order valence-electron chi connectivity index (χ3n) is 3.78. The Morgan fingerprint density at radius 3 is 2.26 bits per heavy atom. The maximum atomic E-state index is 12.3. The van der Waals surface area contributed by atoms with E-state index < -0.39 is 6.10 Å². The standard InChI is InChI=1S/C22H18N2O3/c1-16(26-21-10-6-5-7-17(21)15-23)22(25)24-18-11-13-20(14-12-18)27-19-8-3-2-4-9-19/h2-14,16H,1H3,(H,24,25)/t16-/m1/s1. The minimum absolute atomic E-state index is 0.306. The Kier molecular flexibility index (Phi) is 5.70. The van der Waals surface area contributed by atoms with Crippen molar-refractivity contribution in [3.05, 3.63) is 84.4 Å². The molecule has 5 nitrogen and oxygen atoms in total. The summed E-state index contributed by atoms with van der Waals surface area (Å²) in [6.45, 7) is 1.64. The molecule has 0 aromatic heterocycles. The lowest BCUT2D eigenvalue weighted by Gasteiger charge is -2.15. The van der Waals surface area contributed by atoms with E-state index >= 15 is 0 Å². The predicted octanol–water partition coefficient (Wildman–Crippen LogP) is 4.76. The van der Waals surface area contributed by atoms with Gasteiger partial charge in [0.25, 0.3) is 5.91 Å². The number of benzene rings is 3. The zero-order chi connectivity index (χ0) is 19.1. The van der Waals surface area contributed by atoms with Gasteiger partial charge in [0.15, 0.2) is 6.10 Å². The second-order valence-electron chi connectivity index (χ2n) is 5.80. The summed E-state index contributed by atoms with van der Waals surface area (Å²) in [5.41, 5.74) is 1.02. The number of para-hydroxylation sites is 2. The average Bonchev–Trinajstić information content (AvgIpc) is 2.70. The number of nitriles is 1. The summed E-state index contributed by atoms with van der Waals surface area (Å²) in [4.78, 5) is 12.3. The molecule has 0 saturated carbocycles. The Morgan fingerprint density at radius 2 is 1.56 bits per heavy atom. The van der Waals surface area contributed by atoms with Crippen molar-refractivity contribution in [2.45, 2.75) is 13.0 Å². The highest BCUT2D eigenvalue weighted by Gasteiger charge is 2.16. The summed E-state index contributed by atoms with van der Waals surface area (Å²) >= 11 is 0.